The average molecular weight is 433 g/mol. The summed E-state index contributed by atoms with van der Waals surface area (Å²) in [7, 11) is 0. The van der Waals surface area contributed by atoms with Gasteiger partial charge in [0.25, 0.3) is 0 Å². The topological polar surface area (TPSA) is 46.5 Å². The minimum atomic E-state index is -0.389. The summed E-state index contributed by atoms with van der Waals surface area (Å²) >= 11 is 0. The van der Waals surface area contributed by atoms with Gasteiger partial charge in [-0.15, -0.1) is 0 Å². The molecule has 0 aliphatic rings. The van der Waals surface area contributed by atoms with Gasteiger partial charge in [-0.3, -0.25) is 0 Å². The molecule has 0 saturated carbocycles. The number of esters is 1. The number of benzene rings is 3. The van der Waals surface area contributed by atoms with E-state index in [9.17, 15) is 9.90 Å². The summed E-state index contributed by atoms with van der Waals surface area (Å²) in [5, 5.41) is 9.22. The molecule has 3 aromatic carbocycles. The van der Waals surface area contributed by atoms with E-state index in [1.165, 1.54) is 0 Å². The van der Waals surface area contributed by atoms with Crippen molar-refractivity contribution in [3.63, 3.8) is 0 Å². The summed E-state index contributed by atoms with van der Waals surface area (Å²) < 4.78 is 20.2. The molecule has 0 spiro atoms. The first-order chi connectivity index (χ1) is 15.5. The zero-order chi connectivity index (χ0) is 22.9. The second-order valence-corrected chi connectivity index (χ2v) is 7.89. The maximum atomic E-state index is 15.0. The summed E-state index contributed by atoms with van der Waals surface area (Å²) in [6, 6.07) is 21.0. The first-order valence-corrected chi connectivity index (χ1v) is 10.9. The number of halogens is 1. The Morgan fingerprint density at radius 3 is 2.31 bits per heavy atom. The molecule has 0 aliphatic heterocycles. The highest BCUT2D eigenvalue weighted by molar-refractivity contribution is 5.86. The van der Waals surface area contributed by atoms with Crippen LogP contribution >= 0.6 is 0 Å². The van der Waals surface area contributed by atoms with E-state index in [0.29, 0.717) is 37.0 Å². The van der Waals surface area contributed by atoms with E-state index in [4.69, 9.17) is 4.74 Å². The van der Waals surface area contributed by atoms with Gasteiger partial charge in [-0.1, -0.05) is 67.2 Å². The molecule has 32 heavy (non-hydrogen) atoms. The molecule has 0 aromatic heterocycles. The largest absolute Gasteiger partial charge is 0.462 e. The van der Waals surface area contributed by atoms with Gasteiger partial charge in [0.15, 0.2) is 0 Å². The van der Waals surface area contributed by atoms with Gasteiger partial charge < -0.3 is 9.84 Å². The number of carbonyl (C=O) groups excluding carboxylic acids is 1. The maximum absolute atomic E-state index is 15.0. The number of hydrogen-bond acceptors (Lipinski definition) is 3. The fourth-order valence-electron chi connectivity index (χ4n) is 3.65. The molecule has 1 N–H and O–H groups in total. The van der Waals surface area contributed by atoms with Crippen LogP contribution in [0, 0.1) is 5.82 Å². The molecule has 3 nitrogen and oxygen atoms in total. The molecule has 0 saturated heterocycles. The molecule has 166 valence electrons. The molecule has 0 atom stereocenters. The van der Waals surface area contributed by atoms with E-state index in [0.717, 1.165) is 34.2 Å². The Morgan fingerprint density at radius 1 is 0.906 bits per heavy atom. The molecule has 0 heterocycles. The first kappa shape index (κ1) is 23.4. The highest BCUT2D eigenvalue weighted by atomic mass is 19.1. The van der Waals surface area contributed by atoms with Crippen molar-refractivity contribution >= 4 is 5.97 Å². The van der Waals surface area contributed by atoms with Crippen molar-refractivity contribution in [2.45, 2.75) is 32.6 Å². The van der Waals surface area contributed by atoms with Crippen LogP contribution < -0.4 is 0 Å². The lowest BCUT2D eigenvalue weighted by Gasteiger charge is -2.13. The predicted octanol–water partition coefficient (Wildman–Crippen LogP) is 6.14. The monoisotopic (exact) mass is 432 g/mol. The molecule has 0 fully saturated rings. The molecule has 0 amide bonds. The fraction of sp³-hybridized carbons (Fsp3) is 0.250. The number of hydrogen-bond donors (Lipinski definition) is 1. The molecular formula is C28H29FO3. The molecule has 4 heteroatoms. The van der Waals surface area contributed by atoms with Crippen LogP contribution in [0.4, 0.5) is 4.39 Å². The highest BCUT2D eigenvalue weighted by Gasteiger charge is 2.11. The summed E-state index contributed by atoms with van der Waals surface area (Å²) in [4.78, 5) is 11.6. The van der Waals surface area contributed by atoms with E-state index in [1.807, 2.05) is 60.7 Å². The SMILES string of the molecule is C=C(C)C(=O)OCCCc1cc(-c2ccc(-c3ccccc3)cc2F)ccc1CCCO. The standard InChI is InChI=1S/C28H29FO3/c1-20(2)28(31)32-17-7-11-23-18-25(13-12-22(23)10-6-16-30)26-15-14-24(19-27(26)29)21-8-4-3-5-9-21/h3-5,8-9,12-15,18-19,30H,1,6-7,10-11,16-17H2,2H3. The van der Waals surface area contributed by atoms with Gasteiger partial charge in [0.05, 0.1) is 6.61 Å². The van der Waals surface area contributed by atoms with Crippen LogP contribution in [0.15, 0.2) is 78.9 Å². The zero-order valence-electron chi connectivity index (χ0n) is 18.4. The van der Waals surface area contributed by atoms with Crippen LogP contribution in [0.5, 0.6) is 0 Å². The first-order valence-electron chi connectivity index (χ1n) is 10.9. The number of aliphatic hydroxyl groups is 1. The quantitative estimate of drug-likeness (QED) is 0.238. The smallest absolute Gasteiger partial charge is 0.333 e. The molecule has 0 aliphatic carbocycles. The predicted molar refractivity (Wildman–Crippen MR) is 127 cm³/mol. The van der Waals surface area contributed by atoms with Crippen molar-refractivity contribution in [3.05, 3.63) is 95.8 Å². The maximum Gasteiger partial charge on any atom is 0.333 e. The molecule has 0 radical (unpaired) electrons. The van der Waals surface area contributed by atoms with E-state index in [1.54, 1.807) is 13.0 Å². The lowest BCUT2D eigenvalue weighted by Crippen LogP contribution is -2.07. The van der Waals surface area contributed by atoms with Crippen molar-refractivity contribution in [1.29, 1.82) is 0 Å². The number of ether oxygens (including phenoxy) is 1. The van der Waals surface area contributed by atoms with Crippen LogP contribution in [0.2, 0.25) is 0 Å². The third-order valence-electron chi connectivity index (χ3n) is 5.37. The Hall–Kier alpha value is -3.24. The van der Waals surface area contributed by atoms with Gasteiger partial charge in [-0.05, 0) is 66.5 Å². The Bertz CT molecular complexity index is 1070. The van der Waals surface area contributed by atoms with Crippen LogP contribution in [0.25, 0.3) is 22.3 Å². The summed E-state index contributed by atoms with van der Waals surface area (Å²) in [5.41, 5.74) is 5.75. The van der Waals surface area contributed by atoms with E-state index in [2.05, 4.69) is 6.58 Å². The van der Waals surface area contributed by atoms with Crippen molar-refractivity contribution in [3.8, 4) is 22.3 Å². The average Bonchev–Trinajstić information content (AvgIpc) is 2.81. The number of rotatable bonds is 10. The fourth-order valence-corrected chi connectivity index (χ4v) is 3.65. The molecular weight excluding hydrogens is 403 g/mol. The van der Waals surface area contributed by atoms with Gasteiger partial charge in [0.1, 0.15) is 5.82 Å². The number of carbonyl (C=O) groups is 1. The third kappa shape index (κ3) is 6.14. The van der Waals surface area contributed by atoms with E-state index in [-0.39, 0.29) is 18.4 Å². The minimum absolute atomic E-state index is 0.118. The van der Waals surface area contributed by atoms with Crippen LogP contribution in [0.1, 0.15) is 30.9 Å². The van der Waals surface area contributed by atoms with Gasteiger partial charge >= 0.3 is 5.97 Å². The highest BCUT2D eigenvalue weighted by Crippen LogP contribution is 2.30. The summed E-state index contributed by atoms with van der Waals surface area (Å²) in [6.07, 6.45) is 2.76. The molecule has 3 aromatic rings. The van der Waals surface area contributed by atoms with Gasteiger partial charge in [0.2, 0.25) is 0 Å². The Balaban J connectivity index is 1.81. The van der Waals surface area contributed by atoms with Gasteiger partial charge in [-0.2, -0.15) is 0 Å². The van der Waals surface area contributed by atoms with Crippen molar-refractivity contribution in [1.82, 2.24) is 0 Å². The van der Waals surface area contributed by atoms with Gasteiger partial charge in [-0.25, -0.2) is 9.18 Å². The van der Waals surface area contributed by atoms with E-state index < -0.39 is 0 Å². The lowest BCUT2D eigenvalue weighted by molar-refractivity contribution is -0.139. The second kappa shape index (κ2) is 11.4. The van der Waals surface area contributed by atoms with Crippen LogP contribution in [-0.2, 0) is 22.4 Å². The van der Waals surface area contributed by atoms with Crippen molar-refractivity contribution < 1.29 is 19.0 Å². The van der Waals surface area contributed by atoms with Crippen molar-refractivity contribution in [2.24, 2.45) is 0 Å². The zero-order valence-corrected chi connectivity index (χ0v) is 18.4. The molecule has 3 rings (SSSR count). The molecule has 0 bridgehead atoms. The Labute approximate surface area is 189 Å². The lowest BCUT2D eigenvalue weighted by atomic mass is 9.93. The normalized spacial score (nSPS) is 10.7. The minimum Gasteiger partial charge on any atom is -0.462 e. The number of aryl methyl sites for hydroxylation is 2. The molecule has 0 unspecified atom stereocenters. The number of aliphatic hydroxyl groups excluding tert-OH is 1. The van der Waals surface area contributed by atoms with Crippen molar-refractivity contribution in [2.75, 3.05) is 13.2 Å². The Morgan fingerprint density at radius 2 is 1.62 bits per heavy atom. The third-order valence-corrected chi connectivity index (χ3v) is 5.37. The van der Waals surface area contributed by atoms with Crippen LogP contribution in [0.3, 0.4) is 0 Å². The van der Waals surface area contributed by atoms with Gasteiger partial charge in [0, 0.05) is 17.7 Å². The Kier molecular flexibility index (Phi) is 8.34. The van der Waals surface area contributed by atoms with Crippen LogP contribution in [-0.4, -0.2) is 24.3 Å². The summed E-state index contributed by atoms with van der Waals surface area (Å²) in [6.45, 7) is 5.63. The van der Waals surface area contributed by atoms with E-state index >= 15 is 4.39 Å². The second-order valence-electron chi connectivity index (χ2n) is 7.89. The summed E-state index contributed by atoms with van der Waals surface area (Å²) in [5.74, 6) is -0.657.